The predicted molar refractivity (Wildman–Crippen MR) is 136 cm³/mol. The van der Waals surface area contributed by atoms with Crippen LogP contribution in [0.15, 0.2) is 46.0 Å². The minimum Gasteiger partial charge on any atom is -0.481 e. The molecule has 0 spiro atoms. The van der Waals surface area contributed by atoms with Crippen LogP contribution in [-0.4, -0.2) is 71.7 Å². The van der Waals surface area contributed by atoms with Crippen molar-refractivity contribution >= 4 is 29.1 Å². The molecule has 0 aliphatic carbocycles. The van der Waals surface area contributed by atoms with Gasteiger partial charge in [-0.2, -0.15) is 0 Å². The second-order valence-electron chi connectivity index (χ2n) is 8.46. The van der Waals surface area contributed by atoms with Crippen molar-refractivity contribution in [2.24, 2.45) is 4.99 Å². The van der Waals surface area contributed by atoms with Gasteiger partial charge in [0.15, 0.2) is 10.8 Å². The lowest BCUT2D eigenvalue weighted by Crippen LogP contribution is -2.46. The van der Waals surface area contributed by atoms with E-state index in [2.05, 4.69) is 21.1 Å². The van der Waals surface area contributed by atoms with Crippen LogP contribution in [0.4, 0.5) is 4.39 Å². The summed E-state index contributed by atoms with van der Waals surface area (Å²) < 4.78 is 25.8. The second-order valence-corrected chi connectivity index (χ2v) is 9.36. The van der Waals surface area contributed by atoms with Crippen LogP contribution in [0.25, 0.3) is 0 Å². The summed E-state index contributed by atoms with van der Waals surface area (Å²) in [5.74, 6) is 0.792. The number of morpholine rings is 1. The zero-order valence-electron chi connectivity index (χ0n) is 20.3. The van der Waals surface area contributed by atoms with Crippen molar-refractivity contribution in [3.63, 3.8) is 0 Å². The van der Waals surface area contributed by atoms with Crippen LogP contribution in [0.2, 0.25) is 0 Å². The number of ether oxygens (including phenoxy) is 2. The number of esters is 1. The van der Waals surface area contributed by atoms with Crippen LogP contribution >= 0.6 is 11.3 Å². The van der Waals surface area contributed by atoms with E-state index in [0.29, 0.717) is 54.8 Å². The van der Waals surface area contributed by atoms with Crippen LogP contribution in [0.3, 0.4) is 0 Å². The molecule has 1 aromatic carbocycles. The molecule has 1 fully saturated rings. The second kappa shape index (κ2) is 12.1. The molecule has 3 heterocycles. The molecule has 1 saturated heterocycles. The molecule has 2 aromatic rings. The van der Waals surface area contributed by atoms with Gasteiger partial charge in [-0.05, 0) is 25.0 Å². The molecule has 0 radical (unpaired) electrons. The Labute approximate surface area is 218 Å². The number of terminal acetylenes is 1. The fourth-order valence-corrected chi connectivity index (χ4v) is 4.96. The number of nitrogens with zero attached hydrogens (tertiary/aromatic N) is 3. The first-order chi connectivity index (χ1) is 17.9. The highest BCUT2D eigenvalue weighted by Crippen LogP contribution is 2.35. The molecule has 194 valence electrons. The maximum atomic E-state index is 14.7. The molecule has 0 unspecified atom stereocenters. The van der Waals surface area contributed by atoms with Gasteiger partial charge in [-0.3, -0.25) is 14.7 Å². The van der Waals surface area contributed by atoms with Gasteiger partial charge < -0.3 is 19.9 Å². The number of halogens is 1. The van der Waals surface area contributed by atoms with Crippen molar-refractivity contribution in [2.45, 2.75) is 31.9 Å². The quantitative estimate of drug-likeness (QED) is 0.379. The normalized spacial score (nSPS) is 20.1. The minimum atomic E-state index is -0.917. The highest BCUT2D eigenvalue weighted by Gasteiger charge is 2.35. The van der Waals surface area contributed by atoms with E-state index in [-0.39, 0.29) is 30.3 Å². The largest absolute Gasteiger partial charge is 0.481 e. The van der Waals surface area contributed by atoms with E-state index in [1.54, 1.807) is 19.2 Å². The number of hydrogen-bond donors (Lipinski definition) is 2. The number of aliphatic imine (C=N–C) groups is 1. The number of thiazole rings is 1. The highest BCUT2D eigenvalue weighted by atomic mass is 32.1. The lowest BCUT2D eigenvalue weighted by molar-refractivity contribution is -0.139. The number of carbonyl (C=O) groups is 2. The maximum absolute atomic E-state index is 14.7. The van der Waals surface area contributed by atoms with E-state index < -0.39 is 23.8 Å². The monoisotopic (exact) mass is 526 g/mol. The Hall–Kier alpha value is -3.59. The molecule has 0 bridgehead atoms. The van der Waals surface area contributed by atoms with Gasteiger partial charge in [-0.1, -0.05) is 18.1 Å². The average Bonchev–Trinajstić information content (AvgIpc) is 3.42. The summed E-state index contributed by atoms with van der Waals surface area (Å²) in [4.78, 5) is 35.5. The number of nitrogens with one attached hydrogen (secondary N) is 1. The zero-order valence-corrected chi connectivity index (χ0v) is 21.1. The molecule has 2 aliphatic heterocycles. The van der Waals surface area contributed by atoms with E-state index in [1.165, 1.54) is 23.5 Å². The molecule has 11 heteroatoms. The topological polar surface area (TPSA) is 113 Å². The van der Waals surface area contributed by atoms with Crippen LogP contribution in [0.1, 0.15) is 41.9 Å². The summed E-state index contributed by atoms with van der Waals surface area (Å²) in [5, 5.41) is 14.7. The summed E-state index contributed by atoms with van der Waals surface area (Å²) in [7, 11) is 0. The van der Waals surface area contributed by atoms with Gasteiger partial charge in [0.25, 0.3) is 0 Å². The van der Waals surface area contributed by atoms with Crippen LogP contribution in [0, 0.1) is 18.2 Å². The third kappa shape index (κ3) is 6.22. The highest BCUT2D eigenvalue weighted by molar-refractivity contribution is 7.11. The number of carbonyl (C=O) groups excluding carboxylic acids is 1. The Balaban J connectivity index is 1.75. The van der Waals surface area contributed by atoms with Gasteiger partial charge in [0.2, 0.25) is 0 Å². The Morgan fingerprint density at radius 2 is 2.27 bits per heavy atom. The van der Waals surface area contributed by atoms with E-state index in [1.807, 2.05) is 5.38 Å². The minimum absolute atomic E-state index is 0.00485. The van der Waals surface area contributed by atoms with Crippen molar-refractivity contribution in [3.05, 3.63) is 63.0 Å². The van der Waals surface area contributed by atoms with Crippen molar-refractivity contribution in [2.75, 3.05) is 32.8 Å². The molecule has 2 atom stereocenters. The van der Waals surface area contributed by atoms with Crippen LogP contribution in [-0.2, 0) is 19.1 Å². The Morgan fingerprint density at radius 1 is 1.43 bits per heavy atom. The molecule has 0 amide bonds. The molecular formula is C26H27FN4O5S. The summed E-state index contributed by atoms with van der Waals surface area (Å²) in [6.45, 7) is 3.65. The molecule has 37 heavy (non-hydrogen) atoms. The standard InChI is InChI=1S/C26H27FN4O5S/c1-3-17-18(6-5-7-19(17)27)23-22(26(34)35-4-2)20(29-24(30-23)25-28-10-13-37-25)15-31-11-12-36-16(14-31)8-9-21(32)33/h1,5-7,10,13,16,23H,4,8-9,11-12,14-15H2,2H3,(H,29,30)(H,32,33)/t16-,23-/m1/s1. The number of hydrogen-bond acceptors (Lipinski definition) is 9. The number of aromatic nitrogens is 1. The number of aliphatic carboxylic acids is 1. The molecule has 9 nitrogen and oxygen atoms in total. The Bertz CT molecular complexity index is 1250. The van der Waals surface area contributed by atoms with Gasteiger partial charge >= 0.3 is 11.9 Å². The van der Waals surface area contributed by atoms with Gasteiger partial charge in [-0.25, -0.2) is 14.2 Å². The number of benzene rings is 1. The van der Waals surface area contributed by atoms with Crippen molar-refractivity contribution in [1.29, 1.82) is 0 Å². The average molecular weight is 527 g/mol. The van der Waals surface area contributed by atoms with E-state index in [4.69, 9.17) is 26.0 Å². The number of rotatable bonds is 9. The van der Waals surface area contributed by atoms with Crippen molar-refractivity contribution in [1.82, 2.24) is 15.2 Å². The van der Waals surface area contributed by atoms with Gasteiger partial charge in [0, 0.05) is 43.3 Å². The van der Waals surface area contributed by atoms with Crippen molar-refractivity contribution in [3.8, 4) is 12.3 Å². The summed E-state index contributed by atoms with van der Waals surface area (Å²) in [6.07, 6.45) is 7.44. The van der Waals surface area contributed by atoms with Gasteiger partial charge in [-0.15, -0.1) is 17.8 Å². The number of amidine groups is 1. The van der Waals surface area contributed by atoms with E-state index in [0.717, 1.165) is 0 Å². The van der Waals surface area contributed by atoms with E-state index >= 15 is 0 Å². The third-order valence-electron chi connectivity index (χ3n) is 6.03. The first-order valence-electron chi connectivity index (χ1n) is 11.9. The van der Waals surface area contributed by atoms with Crippen LogP contribution < -0.4 is 5.32 Å². The fourth-order valence-electron chi connectivity index (χ4n) is 4.37. The third-order valence-corrected chi connectivity index (χ3v) is 6.81. The zero-order chi connectivity index (χ0) is 26.4. The summed E-state index contributed by atoms with van der Waals surface area (Å²) in [6, 6.07) is 3.54. The lowest BCUT2D eigenvalue weighted by Gasteiger charge is -2.35. The number of carboxylic acid groups (broad SMARTS) is 1. The first-order valence-corrected chi connectivity index (χ1v) is 12.7. The van der Waals surface area contributed by atoms with Gasteiger partial charge in [0.05, 0.1) is 30.5 Å². The Morgan fingerprint density at radius 3 is 2.97 bits per heavy atom. The van der Waals surface area contributed by atoms with Crippen molar-refractivity contribution < 1.29 is 28.6 Å². The SMILES string of the molecule is C#Cc1c(F)cccc1[C@H]1N=C(c2nccs2)NC(CN2CCO[C@H](CCC(=O)O)C2)=C1C(=O)OCC. The number of carboxylic acids is 1. The van der Waals surface area contributed by atoms with Gasteiger partial charge in [0.1, 0.15) is 11.9 Å². The first kappa shape index (κ1) is 26.5. The lowest BCUT2D eigenvalue weighted by atomic mass is 9.91. The Kier molecular flexibility index (Phi) is 8.66. The van der Waals surface area contributed by atoms with Crippen LogP contribution in [0.5, 0.6) is 0 Å². The molecule has 0 saturated carbocycles. The predicted octanol–water partition coefficient (Wildman–Crippen LogP) is 2.74. The smallest absolute Gasteiger partial charge is 0.338 e. The molecule has 4 rings (SSSR count). The summed E-state index contributed by atoms with van der Waals surface area (Å²) in [5.41, 5.74) is 1.17. The van der Waals surface area contributed by atoms with E-state index in [9.17, 15) is 14.0 Å². The molecule has 2 aliphatic rings. The summed E-state index contributed by atoms with van der Waals surface area (Å²) >= 11 is 1.37. The molecular weight excluding hydrogens is 499 g/mol. The molecule has 2 N–H and O–H groups in total. The maximum Gasteiger partial charge on any atom is 0.338 e. The molecule has 1 aromatic heterocycles. The fraction of sp³-hybridized carbons (Fsp3) is 0.385.